The minimum atomic E-state index is -0.379. The number of piperazine rings is 1. The number of aromatic nitrogens is 2. The van der Waals surface area contributed by atoms with Gasteiger partial charge in [0.25, 0.3) is 0 Å². The average molecular weight is 368 g/mol. The lowest BCUT2D eigenvalue weighted by Crippen LogP contribution is -2.58. The predicted molar refractivity (Wildman–Crippen MR) is 99.4 cm³/mol. The van der Waals surface area contributed by atoms with E-state index in [-0.39, 0.29) is 29.7 Å². The molecule has 25 heavy (non-hydrogen) atoms. The quantitative estimate of drug-likeness (QED) is 0.552. The van der Waals surface area contributed by atoms with E-state index < -0.39 is 0 Å². The number of amides is 2. The van der Waals surface area contributed by atoms with Crippen LogP contribution in [0.1, 0.15) is 27.2 Å². The maximum atomic E-state index is 12.2. The Kier molecular flexibility index (Phi) is 6.89. The lowest BCUT2D eigenvalue weighted by molar-refractivity contribution is -0.134. The third-order valence-electron chi connectivity index (χ3n) is 3.93. The molecule has 1 atom stereocenters. The van der Waals surface area contributed by atoms with Gasteiger partial charge in [-0.3, -0.25) is 14.5 Å². The molecule has 1 unspecified atom stereocenters. The number of carbonyl (C=O) groups excluding carboxylic acids is 2. The smallest absolute Gasteiger partial charge is 0.237 e. The summed E-state index contributed by atoms with van der Waals surface area (Å²) >= 11 is 1.60. The van der Waals surface area contributed by atoms with Crippen LogP contribution in [0.15, 0.2) is 17.6 Å². The molecule has 7 nitrogen and oxygen atoms in total. The van der Waals surface area contributed by atoms with Crippen LogP contribution in [0, 0.1) is 5.41 Å². The van der Waals surface area contributed by atoms with E-state index in [1.54, 1.807) is 18.0 Å². The number of hydrogen-bond donors (Lipinski definition) is 2. The van der Waals surface area contributed by atoms with Crippen molar-refractivity contribution in [2.75, 3.05) is 31.9 Å². The van der Waals surface area contributed by atoms with Gasteiger partial charge in [-0.05, 0) is 5.41 Å². The molecule has 1 aliphatic heterocycles. The Morgan fingerprint density at radius 1 is 1.48 bits per heavy atom. The van der Waals surface area contributed by atoms with Gasteiger partial charge in [0.2, 0.25) is 11.8 Å². The van der Waals surface area contributed by atoms with E-state index in [9.17, 15) is 9.59 Å². The van der Waals surface area contributed by atoms with Gasteiger partial charge in [0.05, 0.1) is 12.5 Å². The summed E-state index contributed by atoms with van der Waals surface area (Å²) in [6.45, 7) is 9.23. The first-order valence-electron chi connectivity index (χ1n) is 8.65. The van der Waals surface area contributed by atoms with Crippen molar-refractivity contribution in [3.05, 3.63) is 12.4 Å². The van der Waals surface area contributed by atoms with E-state index in [1.807, 2.05) is 17.8 Å². The van der Waals surface area contributed by atoms with Crippen molar-refractivity contribution < 1.29 is 9.59 Å². The summed E-state index contributed by atoms with van der Waals surface area (Å²) in [6.07, 6.45) is 3.85. The molecule has 2 amide bonds. The van der Waals surface area contributed by atoms with Crippen molar-refractivity contribution in [1.82, 2.24) is 25.1 Å². The third kappa shape index (κ3) is 6.36. The standard InChI is InChI=1S/C17H29N5O2S/c1-17(2,3)12-22-9-6-19-15(24)13(22)11-14(23)18-7-10-25-16-20-5-8-21(16)4/h5,8,13H,6-7,9-12H2,1-4H3,(H,18,23)(H,19,24). The number of nitrogens with one attached hydrogen (secondary N) is 2. The molecule has 2 rings (SSSR count). The number of hydrogen-bond acceptors (Lipinski definition) is 5. The van der Waals surface area contributed by atoms with E-state index in [0.29, 0.717) is 13.1 Å². The van der Waals surface area contributed by atoms with Crippen LogP contribution in [-0.2, 0) is 16.6 Å². The monoisotopic (exact) mass is 367 g/mol. The Labute approximate surface area is 153 Å². The van der Waals surface area contributed by atoms with E-state index in [0.717, 1.165) is 24.0 Å². The minimum Gasteiger partial charge on any atom is -0.355 e. The Morgan fingerprint density at radius 2 is 2.24 bits per heavy atom. The molecule has 1 aliphatic rings. The van der Waals surface area contributed by atoms with Crippen LogP contribution in [0.2, 0.25) is 0 Å². The number of imidazole rings is 1. The molecule has 0 aromatic carbocycles. The summed E-state index contributed by atoms with van der Waals surface area (Å²) in [5.41, 5.74) is 0.0883. The first kappa shape index (κ1) is 19.8. The molecule has 0 spiro atoms. The fourth-order valence-corrected chi connectivity index (χ4v) is 3.64. The summed E-state index contributed by atoms with van der Waals surface area (Å²) < 4.78 is 1.95. The summed E-state index contributed by atoms with van der Waals surface area (Å²) in [6, 6.07) is -0.379. The molecule has 2 heterocycles. The highest BCUT2D eigenvalue weighted by Gasteiger charge is 2.33. The Morgan fingerprint density at radius 3 is 2.88 bits per heavy atom. The molecule has 0 bridgehead atoms. The topological polar surface area (TPSA) is 79.3 Å². The van der Waals surface area contributed by atoms with E-state index in [2.05, 4.69) is 41.3 Å². The molecule has 2 N–H and O–H groups in total. The molecular formula is C17H29N5O2S. The van der Waals surface area contributed by atoms with E-state index >= 15 is 0 Å². The molecule has 8 heteroatoms. The molecule has 1 fully saturated rings. The lowest BCUT2D eigenvalue weighted by Gasteiger charge is -2.38. The highest BCUT2D eigenvalue weighted by atomic mass is 32.2. The van der Waals surface area contributed by atoms with Crippen molar-refractivity contribution in [2.24, 2.45) is 12.5 Å². The maximum Gasteiger partial charge on any atom is 0.237 e. The zero-order chi connectivity index (χ0) is 18.4. The van der Waals surface area contributed by atoms with Crippen LogP contribution in [0.4, 0.5) is 0 Å². The second-order valence-electron chi connectivity index (χ2n) is 7.56. The van der Waals surface area contributed by atoms with Crippen molar-refractivity contribution in [2.45, 2.75) is 38.4 Å². The highest BCUT2D eigenvalue weighted by Crippen LogP contribution is 2.19. The van der Waals surface area contributed by atoms with Crippen molar-refractivity contribution in [3.63, 3.8) is 0 Å². The fourth-order valence-electron chi connectivity index (χ4n) is 2.85. The number of nitrogens with zero attached hydrogens (tertiary/aromatic N) is 3. The van der Waals surface area contributed by atoms with Crippen LogP contribution >= 0.6 is 11.8 Å². The van der Waals surface area contributed by atoms with Crippen molar-refractivity contribution in [3.8, 4) is 0 Å². The number of rotatable bonds is 7. The SMILES string of the molecule is Cn1ccnc1SCCNC(=O)CC1C(=O)NCCN1CC(C)(C)C. The minimum absolute atomic E-state index is 0.0481. The van der Waals surface area contributed by atoms with Gasteiger partial charge < -0.3 is 15.2 Å². The Balaban J connectivity index is 1.78. The third-order valence-corrected chi connectivity index (χ3v) is 4.99. The lowest BCUT2D eigenvalue weighted by atomic mass is 9.94. The summed E-state index contributed by atoms with van der Waals surface area (Å²) in [5, 5.41) is 6.71. The zero-order valence-corrected chi connectivity index (χ0v) is 16.4. The van der Waals surface area contributed by atoms with Crippen LogP contribution in [0.3, 0.4) is 0 Å². The fraction of sp³-hybridized carbons (Fsp3) is 0.706. The number of thioether (sulfide) groups is 1. The first-order chi connectivity index (χ1) is 11.8. The van der Waals surface area contributed by atoms with Crippen LogP contribution < -0.4 is 10.6 Å². The highest BCUT2D eigenvalue weighted by molar-refractivity contribution is 7.99. The number of aryl methyl sites for hydroxylation is 1. The van der Waals surface area contributed by atoms with Gasteiger partial charge in [-0.2, -0.15) is 0 Å². The number of carbonyl (C=O) groups is 2. The van der Waals surface area contributed by atoms with Crippen molar-refractivity contribution in [1.29, 1.82) is 0 Å². The largest absolute Gasteiger partial charge is 0.355 e. The van der Waals surface area contributed by atoms with Gasteiger partial charge in [0.1, 0.15) is 0 Å². The van der Waals surface area contributed by atoms with Gasteiger partial charge in [-0.25, -0.2) is 4.98 Å². The summed E-state index contributed by atoms with van der Waals surface area (Å²) in [7, 11) is 1.94. The molecule has 0 radical (unpaired) electrons. The average Bonchev–Trinajstić information content (AvgIpc) is 2.91. The van der Waals surface area contributed by atoms with Gasteiger partial charge in [-0.15, -0.1) is 0 Å². The molecule has 1 aromatic heterocycles. The van der Waals surface area contributed by atoms with Crippen LogP contribution in [-0.4, -0.2) is 64.2 Å². The molecule has 0 aliphatic carbocycles. The van der Waals surface area contributed by atoms with Gasteiger partial charge in [-0.1, -0.05) is 32.5 Å². The molecule has 0 saturated carbocycles. The Hall–Kier alpha value is -1.54. The predicted octanol–water partition coefficient (Wildman–Crippen LogP) is 0.865. The molecule has 140 valence electrons. The second kappa shape index (κ2) is 8.71. The maximum absolute atomic E-state index is 12.2. The van der Waals surface area contributed by atoms with Gasteiger partial charge in [0, 0.05) is 51.4 Å². The van der Waals surface area contributed by atoms with Gasteiger partial charge >= 0.3 is 0 Å². The van der Waals surface area contributed by atoms with Crippen LogP contribution in [0.25, 0.3) is 0 Å². The molecule has 1 aromatic rings. The first-order valence-corrected chi connectivity index (χ1v) is 9.63. The van der Waals surface area contributed by atoms with Gasteiger partial charge in [0.15, 0.2) is 5.16 Å². The Bertz CT molecular complexity index is 596. The molecule has 1 saturated heterocycles. The second-order valence-corrected chi connectivity index (χ2v) is 8.62. The van der Waals surface area contributed by atoms with E-state index in [1.165, 1.54) is 0 Å². The van der Waals surface area contributed by atoms with E-state index in [4.69, 9.17) is 0 Å². The summed E-state index contributed by atoms with van der Waals surface area (Å²) in [5.74, 6) is 0.619. The van der Waals surface area contributed by atoms with Crippen molar-refractivity contribution >= 4 is 23.6 Å². The summed E-state index contributed by atoms with van der Waals surface area (Å²) in [4.78, 5) is 30.8. The molecular weight excluding hydrogens is 338 g/mol. The normalized spacial score (nSPS) is 18.9. The zero-order valence-electron chi connectivity index (χ0n) is 15.5. The van der Waals surface area contributed by atoms with Crippen LogP contribution in [0.5, 0.6) is 0 Å².